The summed E-state index contributed by atoms with van der Waals surface area (Å²) < 4.78 is 5.12. The van der Waals surface area contributed by atoms with E-state index in [4.69, 9.17) is 16.3 Å². The second-order valence-electron chi connectivity index (χ2n) is 4.68. The molecule has 1 heterocycles. The number of H-pyrrole nitrogens is 2. The van der Waals surface area contributed by atoms with Gasteiger partial charge in [-0.05, 0) is 36.4 Å². The molecule has 0 aliphatic rings. The van der Waals surface area contributed by atoms with Crippen LogP contribution in [0.4, 0.5) is 11.4 Å². The van der Waals surface area contributed by atoms with Gasteiger partial charge in [0.1, 0.15) is 11.4 Å². The van der Waals surface area contributed by atoms with Crippen LogP contribution in [0.3, 0.4) is 0 Å². The predicted octanol–water partition coefficient (Wildman–Crippen LogP) is 4.45. The fourth-order valence-electron chi connectivity index (χ4n) is 2.05. The first-order chi connectivity index (χ1) is 11.2. The Morgan fingerprint density at radius 3 is 2.43 bits per heavy atom. The van der Waals surface area contributed by atoms with E-state index in [1.807, 2.05) is 12.1 Å². The summed E-state index contributed by atoms with van der Waals surface area (Å²) in [7, 11) is 1.59. The standard InChI is InChI=1S/C16H13ClN4O2/c1-23-11-8-6-10(7-9-11)14-15(16(22)21-19-14)20-18-13-5-3-2-4-12(13)17/h2-9H,1H3,(H2,19,21,22). The van der Waals surface area contributed by atoms with Crippen LogP contribution in [0.15, 0.2) is 63.6 Å². The van der Waals surface area contributed by atoms with Crippen LogP contribution in [0.5, 0.6) is 5.75 Å². The highest BCUT2D eigenvalue weighted by Crippen LogP contribution is 2.29. The summed E-state index contributed by atoms with van der Waals surface area (Å²) in [6.45, 7) is 0. The molecular formula is C16H13ClN4O2. The Balaban J connectivity index is 1.99. The van der Waals surface area contributed by atoms with Crippen LogP contribution in [-0.2, 0) is 0 Å². The van der Waals surface area contributed by atoms with E-state index in [0.717, 1.165) is 11.3 Å². The third kappa shape index (κ3) is 3.17. The minimum absolute atomic E-state index is 0.190. The summed E-state index contributed by atoms with van der Waals surface area (Å²) in [6, 6.07) is 14.3. The number of aromatic nitrogens is 2. The lowest BCUT2D eigenvalue weighted by Gasteiger charge is -2.02. The molecule has 0 aliphatic carbocycles. The molecule has 0 unspecified atom stereocenters. The first-order valence-electron chi connectivity index (χ1n) is 6.80. The fourth-order valence-corrected chi connectivity index (χ4v) is 2.22. The van der Waals surface area contributed by atoms with Gasteiger partial charge in [-0.15, -0.1) is 10.2 Å². The second-order valence-corrected chi connectivity index (χ2v) is 5.09. The molecule has 0 saturated carbocycles. The molecule has 1 aromatic heterocycles. The molecular weight excluding hydrogens is 316 g/mol. The van der Waals surface area contributed by atoms with Crippen molar-refractivity contribution in [2.24, 2.45) is 10.2 Å². The summed E-state index contributed by atoms with van der Waals surface area (Å²) in [5, 5.41) is 13.9. The maximum Gasteiger partial charge on any atom is 0.292 e. The number of hydrogen-bond acceptors (Lipinski definition) is 4. The van der Waals surface area contributed by atoms with Gasteiger partial charge in [-0.2, -0.15) is 0 Å². The number of ether oxygens (including phenoxy) is 1. The SMILES string of the molecule is COc1ccc(-c2[nH][nH]c(=O)c2N=Nc2ccccc2Cl)cc1. The normalized spacial score (nSPS) is 11.0. The Morgan fingerprint density at radius 1 is 1.00 bits per heavy atom. The highest BCUT2D eigenvalue weighted by atomic mass is 35.5. The average Bonchev–Trinajstić information content (AvgIpc) is 2.95. The van der Waals surface area contributed by atoms with E-state index in [-0.39, 0.29) is 11.2 Å². The van der Waals surface area contributed by atoms with Gasteiger partial charge in [0.25, 0.3) is 5.56 Å². The third-order valence-corrected chi connectivity index (χ3v) is 3.56. The smallest absolute Gasteiger partial charge is 0.292 e. The van der Waals surface area contributed by atoms with E-state index in [2.05, 4.69) is 20.4 Å². The predicted molar refractivity (Wildman–Crippen MR) is 89.0 cm³/mol. The Bertz CT molecular complexity index is 897. The quantitative estimate of drug-likeness (QED) is 0.694. The van der Waals surface area contributed by atoms with Gasteiger partial charge >= 0.3 is 0 Å². The van der Waals surface area contributed by atoms with Crippen molar-refractivity contribution in [3.63, 3.8) is 0 Å². The summed E-state index contributed by atoms with van der Waals surface area (Å²) >= 11 is 6.03. The summed E-state index contributed by atoms with van der Waals surface area (Å²) in [5.41, 5.74) is 1.67. The van der Waals surface area contributed by atoms with Crippen LogP contribution in [0.1, 0.15) is 0 Å². The largest absolute Gasteiger partial charge is 0.497 e. The lowest BCUT2D eigenvalue weighted by molar-refractivity contribution is 0.415. The summed E-state index contributed by atoms with van der Waals surface area (Å²) in [4.78, 5) is 11.9. The highest BCUT2D eigenvalue weighted by Gasteiger charge is 2.12. The van der Waals surface area contributed by atoms with Gasteiger partial charge in [0, 0.05) is 5.56 Å². The van der Waals surface area contributed by atoms with Crippen LogP contribution >= 0.6 is 11.6 Å². The zero-order valence-electron chi connectivity index (χ0n) is 12.2. The number of hydrogen-bond donors (Lipinski definition) is 2. The Labute approximate surface area is 136 Å². The molecule has 0 bridgehead atoms. The maximum absolute atomic E-state index is 11.9. The van der Waals surface area contributed by atoms with Crippen molar-refractivity contribution < 1.29 is 4.74 Å². The van der Waals surface area contributed by atoms with Gasteiger partial charge in [-0.25, -0.2) is 0 Å². The van der Waals surface area contributed by atoms with Crippen molar-refractivity contribution in [2.75, 3.05) is 7.11 Å². The topological polar surface area (TPSA) is 82.6 Å². The van der Waals surface area contributed by atoms with Crippen molar-refractivity contribution in [1.82, 2.24) is 10.2 Å². The van der Waals surface area contributed by atoms with Crippen molar-refractivity contribution in [3.8, 4) is 17.0 Å². The van der Waals surface area contributed by atoms with E-state index < -0.39 is 0 Å². The lowest BCUT2D eigenvalue weighted by Crippen LogP contribution is -1.96. The molecule has 6 nitrogen and oxygen atoms in total. The third-order valence-electron chi connectivity index (χ3n) is 3.24. The number of methoxy groups -OCH3 is 1. The number of nitrogens with zero attached hydrogens (tertiary/aromatic N) is 2. The monoisotopic (exact) mass is 328 g/mol. The Hall–Kier alpha value is -2.86. The molecule has 23 heavy (non-hydrogen) atoms. The zero-order valence-corrected chi connectivity index (χ0v) is 13.0. The van der Waals surface area contributed by atoms with E-state index >= 15 is 0 Å². The van der Waals surface area contributed by atoms with E-state index in [0.29, 0.717) is 16.4 Å². The second kappa shape index (κ2) is 6.50. The van der Waals surface area contributed by atoms with Gasteiger partial charge in [-0.1, -0.05) is 23.7 Å². The molecule has 0 saturated heterocycles. The van der Waals surface area contributed by atoms with Crippen molar-refractivity contribution in [2.45, 2.75) is 0 Å². The molecule has 0 radical (unpaired) electrons. The van der Waals surface area contributed by atoms with E-state index in [1.54, 1.807) is 43.5 Å². The van der Waals surface area contributed by atoms with E-state index in [1.165, 1.54) is 0 Å². The first-order valence-corrected chi connectivity index (χ1v) is 7.18. The number of benzene rings is 2. The molecule has 2 N–H and O–H groups in total. The molecule has 2 aromatic carbocycles. The molecule has 0 fully saturated rings. The minimum atomic E-state index is -0.355. The Morgan fingerprint density at radius 2 is 1.74 bits per heavy atom. The van der Waals surface area contributed by atoms with Crippen LogP contribution in [0, 0.1) is 0 Å². The molecule has 3 rings (SSSR count). The van der Waals surface area contributed by atoms with Crippen LogP contribution in [0.2, 0.25) is 5.02 Å². The number of rotatable bonds is 4. The van der Waals surface area contributed by atoms with E-state index in [9.17, 15) is 4.79 Å². The highest BCUT2D eigenvalue weighted by molar-refractivity contribution is 6.32. The summed E-state index contributed by atoms with van der Waals surface area (Å²) in [5.74, 6) is 0.728. The molecule has 0 spiro atoms. The van der Waals surface area contributed by atoms with Gasteiger partial charge in [-0.3, -0.25) is 15.0 Å². The van der Waals surface area contributed by atoms with Gasteiger partial charge < -0.3 is 4.74 Å². The van der Waals surface area contributed by atoms with Gasteiger partial charge in [0.15, 0.2) is 5.69 Å². The molecule has 0 atom stereocenters. The zero-order chi connectivity index (χ0) is 16.2. The fraction of sp³-hybridized carbons (Fsp3) is 0.0625. The average molecular weight is 329 g/mol. The molecule has 0 aliphatic heterocycles. The molecule has 116 valence electrons. The van der Waals surface area contributed by atoms with Gasteiger partial charge in [0.2, 0.25) is 0 Å². The summed E-state index contributed by atoms with van der Waals surface area (Å²) in [6.07, 6.45) is 0. The van der Waals surface area contributed by atoms with Crippen molar-refractivity contribution in [1.29, 1.82) is 0 Å². The van der Waals surface area contributed by atoms with Crippen LogP contribution < -0.4 is 10.3 Å². The van der Waals surface area contributed by atoms with Crippen molar-refractivity contribution >= 4 is 23.0 Å². The lowest BCUT2D eigenvalue weighted by atomic mass is 10.1. The molecule has 0 amide bonds. The number of nitrogens with one attached hydrogen (secondary N) is 2. The minimum Gasteiger partial charge on any atom is -0.497 e. The number of halogens is 1. The number of aromatic amines is 2. The first kappa shape index (κ1) is 15.1. The maximum atomic E-state index is 11.9. The van der Waals surface area contributed by atoms with Crippen LogP contribution in [-0.4, -0.2) is 17.3 Å². The molecule has 7 heteroatoms. The Kier molecular flexibility index (Phi) is 4.25. The van der Waals surface area contributed by atoms with Crippen LogP contribution in [0.25, 0.3) is 11.3 Å². The van der Waals surface area contributed by atoms with Gasteiger partial charge in [0.05, 0.1) is 17.8 Å². The molecule has 3 aromatic rings. The number of azo groups is 1. The van der Waals surface area contributed by atoms with Crippen molar-refractivity contribution in [3.05, 3.63) is 63.9 Å².